The highest BCUT2D eigenvalue weighted by Crippen LogP contribution is 2.25. The number of aryl methyl sites for hydroxylation is 1. The molecule has 2 aromatic rings. The number of nitrogens with zero attached hydrogens (tertiary/aromatic N) is 5. The van der Waals surface area contributed by atoms with Crippen molar-refractivity contribution in [3.05, 3.63) is 18.4 Å². The average Bonchev–Trinajstić information content (AvgIpc) is 2.95. The van der Waals surface area contributed by atoms with Crippen LogP contribution < -0.4 is 0 Å². The van der Waals surface area contributed by atoms with Crippen LogP contribution in [0.3, 0.4) is 0 Å². The van der Waals surface area contributed by atoms with E-state index < -0.39 is 0 Å². The van der Waals surface area contributed by atoms with Crippen LogP contribution in [-0.4, -0.2) is 50.8 Å². The molecule has 19 heavy (non-hydrogen) atoms. The first-order valence-corrected chi connectivity index (χ1v) is 6.28. The number of hydrogen-bond donors (Lipinski definition) is 0. The van der Waals surface area contributed by atoms with E-state index in [0.29, 0.717) is 11.7 Å². The molecule has 0 spiro atoms. The lowest BCUT2D eigenvalue weighted by Crippen LogP contribution is -2.40. The van der Waals surface area contributed by atoms with Crippen molar-refractivity contribution in [2.75, 3.05) is 20.1 Å². The van der Waals surface area contributed by atoms with Crippen LogP contribution in [0.25, 0.3) is 11.5 Å². The van der Waals surface area contributed by atoms with Gasteiger partial charge >= 0.3 is 0 Å². The van der Waals surface area contributed by atoms with Crippen molar-refractivity contribution in [1.82, 2.24) is 24.6 Å². The molecule has 2 aromatic heterocycles. The van der Waals surface area contributed by atoms with Crippen LogP contribution >= 0.6 is 0 Å². The highest BCUT2D eigenvalue weighted by atomic mass is 16.5. The van der Waals surface area contributed by atoms with Crippen molar-refractivity contribution in [3.63, 3.8) is 0 Å². The van der Waals surface area contributed by atoms with E-state index in [0.717, 1.165) is 18.8 Å². The normalized spacial score (nSPS) is 24.8. The molecule has 7 heteroatoms. The zero-order chi connectivity index (χ0) is 13.4. The zero-order valence-corrected chi connectivity index (χ0v) is 11.3. The van der Waals surface area contributed by atoms with Crippen LogP contribution in [0, 0.1) is 0 Å². The lowest BCUT2D eigenvalue weighted by atomic mass is 10.2. The fourth-order valence-electron chi connectivity index (χ4n) is 2.34. The van der Waals surface area contributed by atoms with Crippen molar-refractivity contribution >= 4 is 0 Å². The first kappa shape index (κ1) is 12.3. The molecule has 1 aliphatic rings. The Morgan fingerprint density at radius 2 is 2.16 bits per heavy atom. The second kappa shape index (κ2) is 4.75. The predicted octanol–water partition coefficient (Wildman–Crippen LogP) is 0.862. The van der Waals surface area contributed by atoms with Crippen LogP contribution in [0.15, 0.2) is 17.0 Å². The summed E-state index contributed by atoms with van der Waals surface area (Å²) >= 11 is 0. The highest BCUT2D eigenvalue weighted by molar-refractivity contribution is 5.47. The van der Waals surface area contributed by atoms with Gasteiger partial charge < -0.3 is 18.7 Å². The third kappa shape index (κ3) is 2.39. The lowest BCUT2D eigenvalue weighted by molar-refractivity contribution is -0.0838. The average molecular weight is 263 g/mol. The summed E-state index contributed by atoms with van der Waals surface area (Å²) in [4.78, 5) is 10.7. The van der Waals surface area contributed by atoms with Crippen molar-refractivity contribution in [2.24, 2.45) is 7.05 Å². The maximum absolute atomic E-state index is 5.84. The van der Waals surface area contributed by atoms with Gasteiger partial charge in [0.1, 0.15) is 11.8 Å². The predicted molar refractivity (Wildman–Crippen MR) is 67.3 cm³/mol. The molecule has 102 valence electrons. The van der Waals surface area contributed by atoms with Gasteiger partial charge in [0.15, 0.2) is 0 Å². The number of morpholine rings is 1. The summed E-state index contributed by atoms with van der Waals surface area (Å²) in [6.07, 6.45) is 3.42. The molecule has 0 aromatic carbocycles. The highest BCUT2D eigenvalue weighted by Gasteiger charge is 2.29. The van der Waals surface area contributed by atoms with E-state index in [-0.39, 0.29) is 12.2 Å². The van der Waals surface area contributed by atoms with Crippen LogP contribution in [0.5, 0.6) is 0 Å². The van der Waals surface area contributed by atoms with Crippen molar-refractivity contribution in [2.45, 2.75) is 19.1 Å². The number of rotatable bonds is 2. The van der Waals surface area contributed by atoms with Crippen molar-refractivity contribution in [3.8, 4) is 11.5 Å². The number of ether oxygens (including phenoxy) is 1. The molecule has 0 unspecified atom stereocenters. The van der Waals surface area contributed by atoms with Gasteiger partial charge in [-0.25, -0.2) is 4.98 Å². The molecule has 3 heterocycles. The Labute approximate surface area is 111 Å². The zero-order valence-electron chi connectivity index (χ0n) is 11.3. The van der Waals surface area contributed by atoms with Gasteiger partial charge in [-0.3, -0.25) is 0 Å². The molecule has 2 atom stereocenters. The van der Waals surface area contributed by atoms with Crippen LogP contribution in [0.4, 0.5) is 0 Å². The number of hydrogen-bond acceptors (Lipinski definition) is 6. The molecule has 0 radical (unpaired) electrons. The van der Waals surface area contributed by atoms with E-state index in [4.69, 9.17) is 9.26 Å². The number of aromatic nitrogens is 4. The molecule has 1 aliphatic heterocycles. The minimum Gasteiger partial charge on any atom is -0.363 e. The summed E-state index contributed by atoms with van der Waals surface area (Å²) in [6.45, 7) is 3.72. The molecule has 0 bridgehead atoms. The molecular weight excluding hydrogens is 246 g/mol. The Morgan fingerprint density at radius 3 is 2.84 bits per heavy atom. The van der Waals surface area contributed by atoms with Crippen LogP contribution in [0.1, 0.15) is 18.9 Å². The summed E-state index contributed by atoms with van der Waals surface area (Å²) in [7, 11) is 3.95. The monoisotopic (exact) mass is 263 g/mol. The molecule has 7 nitrogen and oxygen atoms in total. The summed E-state index contributed by atoms with van der Waals surface area (Å²) in [5.74, 6) is 1.06. The topological polar surface area (TPSA) is 69.2 Å². The first-order valence-electron chi connectivity index (χ1n) is 6.28. The Bertz CT molecular complexity index is 554. The minimum absolute atomic E-state index is 0.163. The lowest BCUT2D eigenvalue weighted by Gasteiger charge is -2.32. The molecule has 3 rings (SSSR count). The maximum Gasteiger partial charge on any atom is 0.257 e. The van der Waals surface area contributed by atoms with Gasteiger partial charge in [-0.1, -0.05) is 5.16 Å². The quantitative estimate of drug-likeness (QED) is 0.800. The summed E-state index contributed by atoms with van der Waals surface area (Å²) in [5.41, 5.74) is 0.826. The summed E-state index contributed by atoms with van der Waals surface area (Å²) in [6, 6.07) is 0. The van der Waals surface area contributed by atoms with E-state index in [9.17, 15) is 0 Å². The molecule has 1 fully saturated rings. The van der Waals surface area contributed by atoms with Gasteiger partial charge in [0.2, 0.25) is 5.82 Å². The van der Waals surface area contributed by atoms with E-state index in [1.165, 1.54) is 0 Å². The van der Waals surface area contributed by atoms with Gasteiger partial charge in [-0.05, 0) is 14.0 Å². The first-order chi connectivity index (χ1) is 9.13. The second-order valence-corrected chi connectivity index (χ2v) is 5.00. The minimum atomic E-state index is -0.164. The Hall–Kier alpha value is -1.73. The largest absolute Gasteiger partial charge is 0.363 e. The van der Waals surface area contributed by atoms with Gasteiger partial charge in [-0.15, -0.1) is 0 Å². The Kier molecular flexibility index (Phi) is 3.08. The Morgan fingerprint density at radius 1 is 1.32 bits per heavy atom. The van der Waals surface area contributed by atoms with Gasteiger partial charge in [0.05, 0.1) is 18.6 Å². The van der Waals surface area contributed by atoms with Crippen LogP contribution in [-0.2, 0) is 11.8 Å². The van der Waals surface area contributed by atoms with Crippen molar-refractivity contribution in [1.29, 1.82) is 0 Å². The molecule has 0 N–H and O–H groups in total. The Balaban J connectivity index is 1.83. The fourth-order valence-corrected chi connectivity index (χ4v) is 2.34. The van der Waals surface area contributed by atoms with Gasteiger partial charge in [0, 0.05) is 20.1 Å². The van der Waals surface area contributed by atoms with Crippen LogP contribution in [0.2, 0.25) is 0 Å². The van der Waals surface area contributed by atoms with Gasteiger partial charge in [0.25, 0.3) is 5.89 Å². The van der Waals surface area contributed by atoms with E-state index in [1.807, 2.05) is 18.5 Å². The summed E-state index contributed by atoms with van der Waals surface area (Å²) in [5, 5.41) is 4.00. The molecule has 0 amide bonds. The maximum atomic E-state index is 5.84. The molecule has 0 aliphatic carbocycles. The van der Waals surface area contributed by atoms with E-state index in [1.54, 1.807) is 12.5 Å². The SMILES string of the molecule is C[C@@H]1CN(C)C[C@H](c2nc(-c3cncn3C)no2)O1. The fraction of sp³-hybridized carbons (Fsp3) is 0.583. The summed E-state index contributed by atoms with van der Waals surface area (Å²) < 4.78 is 13.0. The third-order valence-electron chi connectivity index (χ3n) is 3.21. The third-order valence-corrected chi connectivity index (χ3v) is 3.21. The van der Waals surface area contributed by atoms with Gasteiger partial charge in [-0.2, -0.15) is 4.98 Å². The standard InChI is InChI=1S/C12H17N5O2/c1-8-5-16(2)6-10(18-8)12-14-11(15-19-12)9-4-13-7-17(9)3/h4,7-8,10H,5-6H2,1-3H3/t8-,10-/m1/s1. The second-order valence-electron chi connectivity index (χ2n) is 5.00. The van der Waals surface area contributed by atoms with Crippen molar-refractivity contribution < 1.29 is 9.26 Å². The molecule has 1 saturated heterocycles. The number of imidazole rings is 1. The van der Waals surface area contributed by atoms with E-state index in [2.05, 4.69) is 27.1 Å². The van der Waals surface area contributed by atoms with E-state index >= 15 is 0 Å². The smallest absolute Gasteiger partial charge is 0.257 e. The molecule has 0 saturated carbocycles. The number of likely N-dealkylation sites (N-methyl/N-ethyl adjacent to an activating group) is 1. The molecular formula is C12H17N5O2.